The second-order valence-electron chi connectivity index (χ2n) is 6.46. The SMILES string of the molecule is COc1cc(CC(Br)CBr)c(Br)c(-c2c(O)c(OC)cc(CC(Br)CBr)c2Br)c1O. The highest BCUT2D eigenvalue weighted by Gasteiger charge is 2.27. The van der Waals surface area contributed by atoms with Crippen LogP contribution in [0.5, 0.6) is 23.0 Å². The maximum Gasteiger partial charge on any atom is 0.167 e. The van der Waals surface area contributed by atoms with Gasteiger partial charge >= 0.3 is 0 Å². The van der Waals surface area contributed by atoms with Gasteiger partial charge in [0.25, 0.3) is 0 Å². The van der Waals surface area contributed by atoms with Crippen molar-refractivity contribution in [2.24, 2.45) is 0 Å². The Kier molecular flexibility index (Phi) is 10.8. The minimum Gasteiger partial charge on any atom is -0.504 e. The van der Waals surface area contributed by atoms with E-state index in [1.54, 1.807) is 12.1 Å². The Balaban J connectivity index is 2.84. The highest BCUT2D eigenvalue weighted by Crippen LogP contribution is 2.53. The Hall–Kier alpha value is 0.520. The van der Waals surface area contributed by atoms with Gasteiger partial charge in [-0.2, -0.15) is 0 Å². The molecule has 0 fully saturated rings. The molecule has 0 spiro atoms. The van der Waals surface area contributed by atoms with Gasteiger partial charge < -0.3 is 19.7 Å². The normalized spacial score (nSPS) is 13.2. The Bertz CT molecular complexity index is 832. The molecule has 0 aliphatic carbocycles. The van der Waals surface area contributed by atoms with Gasteiger partial charge in [-0.25, -0.2) is 0 Å². The number of phenolic OH excluding ortho intramolecular Hbond substituents is 2. The molecule has 0 saturated heterocycles. The van der Waals surface area contributed by atoms with E-state index in [4.69, 9.17) is 9.47 Å². The van der Waals surface area contributed by atoms with Crippen LogP contribution in [0.2, 0.25) is 0 Å². The molecule has 0 aromatic heterocycles. The number of rotatable bonds is 9. The van der Waals surface area contributed by atoms with Crippen LogP contribution in [0.3, 0.4) is 0 Å². The molecule has 10 heteroatoms. The van der Waals surface area contributed by atoms with Gasteiger partial charge in [0.15, 0.2) is 23.0 Å². The first kappa shape index (κ1) is 26.8. The van der Waals surface area contributed by atoms with Crippen molar-refractivity contribution >= 4 is 95.6 Å². The third-order valence-corrected chi connectivity index (χ3v) is 10.9. The maximum absolute atomic E-state index is 11.0. The molecule has 2 N–H and O–H groups in total. The standard InChI is InChI=1S/C20H20Br6O4/c1-29-13-5-9(3-11(23)7-21)17(25)15(19(13)27)16-18(26)10(4-12(24)8-22)6-14(30-2)20(16)28/h5-6,11-12,27-28H,3-4,7-8H2,1-2H3. The summed E-state index contributed by atoms with van der Waals surface area (Å²) < 4.78 is 12.2. The lowest BCUT2D eigenvalue weighted by Crippen LogP contribution is -2.07. The first-order valence-corrected chi connectivity index (χ1v) is 14.4. The van der Waals surface area contributed by atoms with Gasteiger partial charge in [0, 0.05) is 40.4 Å². The Morgan fingerprint density at radius 2 is 1.10 bits per heavy atom. The third kappa shape index (κ3) is 5.90. The highest BCUT2D eigenvalue weighted by molar-refractivity contribution is 9.12. The Labute approximate surface area is 226 Å². The number of methoxy groups -OCH3 is 2. The van der Waals surface area contributed by atoms with Gasteiger partial charge in [-0.05, 0) is 68.0 Å². The summed E-state index contributed by atoms with van der Waals surface area (Å²) in [5.41, 5.74) is 2.73. The molecule has 0 heterocycles. The van der Waals surface area contributed by atoms with E-state index in [1.807, 2.05) is 0 Å². The van der Waals surface area contributed by atoms with Crippen molar-refractivity contribution in [2.45, 2.75) is 22.5 Å². The Morgan fingerprint density at radius 1 is 0.767 bits per heavy atom. The lowest BCUT2D eigenvalue weighted by atomic mass is 9.95. The molecule has 2 rings (SSSR count). The summed E-state index contributed by atoms with van der Waals surface area (Å²) in [6.07, 6.45) is 1.36. The van der Waals surface area contributed by atoms with Crippen molar-refractivity contribution < 1.29 is 19.7 Å². The molecule has 2 aromatic carbocycles. The number of halogens is 6. The van der Waals surface area contributed by atoms with E-state index in [2.05, 4.69) is 95.6 Å². The third-order valence-electron chi connectivity index (χ3n) is 4.46. The fourth-order valence-electron chi connectivity index (χ4n) is 3.01. The van der Waals surface area contributed by atoms with Gasteiger partial charge in [0.05, 0.1) is 14.2 Å². The van der Waals surface area contributed by atoms with E-state index in [1.165, 1.54) is 14.2 Å². The Morgan fingerprint density at radius 3 is 1.37 bits per heavy atom. The number of aromatic hydroxyl groups is 2. The number of hydrogen-bond acceptors (Lipinski definition) is 4. The molecule has 166 valence electrons. The molecule has 2 atom stereocenters. The molecular weight excluding hydrogens is 784 g/mol. The van der Waals surface area contributed by atoms with E-state index in [-0.39, 0.29) is 21.2 Å². The smallest absolute Gasteiger partial charge is 0.167 e. The largest absolute Gasteiger partial charge is 0.504 e. The summed E-state index contributed by atoms with van der Waals surface area (Å²) in [7, 11) is 3.01. The first-order chi connectivity index (χ1) is 14.2. The molecule has 2 unspecified atom stereocenters. The van der Waals surface area contributed by atoms with Gasteiger partial charge in [0.1, 0.15) is 0 Å². The molecular formula is C20H20Br6O4. The second kappa shape index (κ2) is 12.1. The van der Waals surface area contributed by atoms with E-state index < -0.39 is 0 Å². The molecule has 0 aliphatic rings. The van der Waals surface area contributed by atoms with Crippen LogP contribution in [0.25, 0.3) is 11.1 Å². The first-order valence-electron chi connectivity index (χ1n) is 8.77. The summed E-state index contributed by atoms with van der Waals surface area (Å²) in [5, 5.41) is 23.5. The van der Waals surface area contributed by atoms with Gasteiger partial charge in [-0.3, -0.25) is 0 Å². The predicted molar refractivity (Wildman–Crippen MR) is 144 cm³/mol. The van der Waals surface area contributed by atoms with Crippen molar-refractivity contribution in [3.8, 4) is 34.1 Å². The van der Waals surface area contributed by atoms with Crippen molar-refractivity contribution in [2.75, 3.05) is 24.9 Å². The number of hydrogen-bond donors (Lipinski definition) is 2. The molecule has 4 nitrogen and oxygen atoms in total. The van der Waals surface area contributed by atoms with Crippen LogP contribution in [0, 0.1) is 0 Å². The van der Waals surface area contributed by atoms with Crippen LogP contribution in [0.4, 0.5) is 0 Å². The summed E-state index contributed by atoms with van der Waals surface area (Å²) in [4.78, 5) is 0.365. The van der Waals surface area contributed by atoms with Gasteiger partial charge in [0.2, 0.25) is 0 Å². The van der Waals surface area contributed by atoms with Gasteiger partial charge in [-0.1, -0.05) is 63.7 Å². The minimum atomic E-state index is -0.0656. The highest BCUT2D eigenvalue weighted by atomic mass is 79.9. The fourth-order valence-corrected chi connectivity index (χ4v) is 5.49. The zero-order valence-electron chi connectivity index (χ0n) is 16.1. The van der Waals surface area contributed by atoms with Gasteiger partial charge in [-0.15, -0.1) is 0 Å². The maximum atomic E-state index is 11.0. The summed E-state index contributed by atoms with van der Waals surface area (Å²) >= 11 is 21.5. The molecule has 2 aromatic rings. The number of benzene rings is 2. The summed E-state index contributed by atoms with van der Waals surface area (Å²) in [6.45, 7) is 0. The second-order valence-corrected chi connectivity index (χ2v) is 11.9. The average molecular weight is 804 g/mol. The number of alkyl halides is 4. The van der Waals surface area contributed by atoms with Crippen LogP contribution in [-0.4, -0.2) is 44.7 Å². The monoisotopic (exact) mass is 798 g/mol. The van der Waals surface area contributed by atoms with Crippen molar-refractivity contribution in [1.82, 2.24) is 0 Å². The molecule has 30 heavy (non-hydrogen) atoms. The quantitative estimate of drug-likeness (QED) is 0.256. The molecule has 0 aliphatic heterocycles. The average Bonchev–Trinajstić information content (AvgIpc) is 2.73. The number of phenols is 2. The minimum absolute atomic E-state index is 0.0656. The van der Waals surface area contributed by atoms with Crippen molar-refractivity contribution in [3.63, 3.8) is 0 Å². The molecule has 0 amide bonds. The van der Waals surface area contributed by atoms with Crippen LogP contribution in [0.1, 0.15) is 11.1 Å². The van der Waals surface area contributed by atoms with Crippen molar-refractivity contribution in [3.05, 3.63) is 32.2 Å². The predicted octanol–water partition coefficient (Wildman–Crippen LogP) is 7.71. The lowest BCUT2D eigenvalue weighted by molar-refractivity contribution is 0.370. The van der Waals surface area contributed by atoms with E-state index >= 15 is 0 Å². The molecule has 0 saturated carbocycles. The summed E-state index contributed by atoms with van der Waals surface area (Å²) in [6, 6.07) is 3.59. The van der Waals surface area contributed by atoms with Crippen LogP contribution < -0.4 is 9.47 Å². The van der Waals surface area contributed by atoms with Crippen LogP contribution in [0.15, 0.2) is 21.1 Å². The zero-order chi connectivity index (χ0) is 22.6. The van der Waals surface area contributed by atoms with Crippen LogP contribution >= 0.6 is 95.6 Å². The molecule has 0 radical (unpaired) electrons. The van der Waals surface area contributed by atoms with E-state index in [9.17, 15) is 10.2 Å². The van der Waals surface area contributed by atoms with E-state index in [0.29, 0.717) is 44.4 Å². The molecule has 0 bridgehead atoms. The van der Waals surface area contributed by atoms with Crippen molar-refractivity contribution in [1.29, 1.82) is 0 Å². The van der Waals surface area contributed by atoms with E-state index in [0.717, 1.165) is 21.8 Å². The topological polar surface area (TPSA) is 58.9 Å². The lowest BCUT2D eigenvalue weighted by Gasteiger charge is -2.21. The zero-order valence-corrected chi connectivity index (χ0v) is 25.6. The number of ether oxygens (including phenoxy) is 2. The van der Waals surface area contributed by atoms with Crippen LogP contribution in [-0.2, 0) is 12.8 Å². The summed E-state index contributed by atoms with van der Waals surface area (Å²) in [5.74, 6) is 0.521. The fraction of sp³-hybridized carbons (Fsp3) is 0.400.